The molecule has 2 amide bonds. The number of rotatable bonds is 0. The van der Waals surface area contributed by atoms with Gasteiger partial charge in [-0.3, -0.25) is 0 Å². The van der Waals surface area contributed by atoms with Gasteiger partial charge in [-0.2, -0.15) is 0 Å². The molecule has 0 unspecified atom stereocenters. The van der Waals surface area contributed by atoms with Crippen molar-refractivity contribution in [3.63, 3.8) is 0 Å². The molecule has 2 fully saturated rings. The monoisotopic (exact) mass is 227 g/mol. The van der Waals surface area contributed by atoms with Crippen molar-refractivity contribution in [1.82, 2.24) is 15.1 Å². The zero-order chi connectivity index (χ0) is 11.8. The third-order valence-electron chi connectivity index (χ3n) is 3.79. The summed E-state index contributed by atoms with van der Waals surface area (Å²) in [5.41, 5.74) is -0.547. The maximum Gasteiger partial charge on any atom is 0.319 e. The van der Waals surface area contributed by atoms with E-state index < -0.39 is 5.60 Å². The minimum atomic E-state index is -0.547. The average Bonchev–Trinajstić information content (AvgIpc) is 2.26. The third-order valence-corrected chi connectivity index (χ3v) is 3.79. The molecule has 5 heteroatoms. The van der Waals surface area contributed by atoms with Gasteiger partial charge in [-0.1, -0.05) is 0 Å². The Hall–Kier alpha value is -0.810. The van der Waals surface area contributed by atoms with Gasteiger partial charge in [0.05, 0.1) is 5.60 Å². The number of nitrogens with one attached hydrogen (secondary N) is 1. The van der Waals surface area contributed by atoms with Crippen molar-refractivity contribution in [2.24, 2.45) is 5.92 Å². The van der Waals surface area contributed by atoms with Gasteiger partial charge in [-0.05, 0) is 19.4 Å². The second kappa shape index (κ2) is 4.22. The molecule has 0 spiro atoms. The Morgan fingerprint density at radius 3 is 2.94 bits per heavy atom. The van der Waals surface area contributed by atoms with Crippen molar-refractivity contribution in [1.29, 1.82) is 0 Å². The average molecular weight is 227 g/mol. The quantitative estimate of drug-likeness (QED) is 0.598. The van der Waals surface area contributed by atoms with Crippen LogP contribution in [0.5, 0.6) is 0 Å². The summed E-state index contributed by atoms with van der Waals surface area (Å²) in [6.45, 7) is 3.03. The molecular formula is C11H21N3O2. The number of amides is 2. The van der Waals surface area contributed by atoms with Gasteiger partial charge < -0.3 is 20.2 Å². The molecule has 2 N–H and O–H groups in total. The number of hydrogen-bond donors (Lipinski definition) is 2. The number of urea groups is 1. The van der Waals surface area contributed by atoms with Crippen LogP contribution >= 0.6 is 0 Å². The summed E-state index contributed by atoms with van der Waals surface area (Å²) in [6, 6.07) is 0.0487. The van der Waals surface area contributed by atoms with E-state index in [2.05, 4.69) is 5.32 Å². The standard InChI is InChI=1S/C11H21N3O2/c1-13(2)10(15)14-6-4-11(16)3-5-12-7-9(11)8-14/h9,12,16H,3-8H2,1-2H3/t9-,11+/m0/s1. The molecule has 2 aliphatic rings. The highest BCUT2D eigenvalue weighted by Gasteiger charge is 2.43. The van der Waals surface area contributed by atoms with Crippen molar-refractivity contribution >= 4 is 6.03 Å². The molecule has 2 saturated heterocycles. The fourth-order valence-corrected chi connectivity index (χ4v) is 2.68. The van der Waals surface area contributed by atoms with E-state index in [-0.39, 0.29) is 11.9 Å². The van der Waals surface area contributed by atoms with Crippen LogP contribution in [0.2, 0.25) is 0 Å². The summed E-state index contributed by atoms with van der Waals surface area (Å²) in [7, 11) is 3.53. The first-order valence-corrected chi connectivity index (χ1v) is 5.92. The van der Waals surface area contributed by atoms with Crippen LogP contribution in [0.1, 0.15) is 12.8 Å². The first kappa shape index (κ1) is 11.7. The summed E-state index contributed by atoms with van der Waals surface area (Å²) >= 11 is 0. The minimum absolute atomic E-state index is 0.0487. The van der Waals surface area contributed by atoms with Crippen LogP contribution in [0.4, 0.5) is 4.79 Å². The molecule has 0 aliphatic carbocycles. The van der Waals surface area contributed by atoms with E-state index in [4.69, 9.17) is 0 Å². The van der Waals surface area contributed by atoms with Gasteiger partial charge in [0.2, 0.25) is 0 Å². The number of carbonyl (C=O) groups excluding carboxylic acids is 1. The lowest BCUT2D eigenvalue weighted by Crippen LogP contribution is -2.60. The molecule has 92 valence electrons. The van der Waals surface area contributed by atoms with Crippen LogP contribution in [-0.4, -0.2) is 66.8 Å². The predicted octanol–water partition coefficient (Wildman–Crippen LogP) is -0.286. The van der Waals surface area contributed by atoms with E-state index >= 15 is 0 Å². The molecule has 2 rings (SSSR count). The molecule has 16 heavy (non-hydrogen) atoms. The maximum atomic E-state index is 11.8. The number of carbonyl (C=O) groups is 1. The number of likely N-dealkylation sites (tertiary alicyclic amines) is 1. The van der Waals surface area contributed by atoms with Crippen molar-refractivity contribution in [2.45, 2.75) is 18.4 Å². The summed E-state index contributed by atoms with van der Waals surface area (Å²) in [6.07, 6.45) is 1.51. The molecule has 2 aliphatic heterocycles. The topological polar surface area (TPSA) is 55.8 Å². The molecular weight excluding hydrogens is 206 g/mol. The summed E-state index contributed by atoms with van der Waals surface area (Å²) in [5, 5.41) is 13.7. The van der Waals surface area contributed by atoms with E-state index in [1.807, 2.05) is 4.90 Å². The van der Waals surface area contributed by atoms with Gasteiger partial charge in [0.25, 0.3) is 0 Å². The fraction of sp³-hybridized carbons (Fsp3) is 0.909. The number of nitrogens with zero attached hydrogens (tertiary/aromatic N) is 2. The Bertz CT molecular complexity index is 282. The Morgan fingerprint density at radius 2 is 2.25 bits per heavy atom. The number of hydrogen-bond acceptors (Lipinski definition) is 3. The fourth-order valence-electron chi connectivity index (χ4n) is 2.68. The third kappa shape index (κ3) is 2.01. The van der Waals surface area contributed by atoms with E-state index in [1.54, 1.807) is 19.0 Å². The molecule has 0 aromatic rings. The van der Waals surface area contributed by atoms with Crippen molar-refractivity contribution in [3.8, 4) is 0 Å². The van der Waals surface area contributed by atoms with Crippen LogP contribution in [-0.2, 0) is 0 Å². The normalized spacial score (nSPS) is 34.4. The van der Waals surface area contributed by atoms with Crippen molar-refractivity contribution in [2.75, 3.05) is 40.3 Å². The van der Waals surface area contributed by atoms with Gasteiger partial charge in [-0.15, -0.1) is 0 Å². The lowest BCUT2D eigenvalue weighted by molar-refractivity contribution is -0.0813. The van der Waals surface area contributed by atoms with Crippen LogP contribution in [0, 0.1) is 5.92 Å². The van der Waals surface area contributed by atoms with E-state index in [0.29, 0.717) is 19.5 Å². The van der Waals surface area contributed by atoms with Gasteiger partial charge in [0.15, 0.2) is 0 Å². The molecule has 2 atom stereocenters. The number of aliphatic hydroxyl groups is 1. The summed E-state index contributed by atoms with van der Waals surface area (Å²) in [4.78, 5) is 15.3. The molecule has 0 aromatic carbocycles. The van der Waals surface area contributed by atoms with Gasteiger partial charge in [-0.25, -0.2) is 4.79 Å². The van der Waals surface area contributed by atoms with Crippen molar-refractivity contribution in [3.05, 3.63) is 0 Å². The zero-order valence-corrected chi connectivity index (χ0v) is 10.1. The lowest BCUT2D eigenvalue weighted by Gasteiger charge is -2.47. The largest absolute Gasteiger partial charge is 0.389 e. The van der Waals surface area contributed by atoms with Gasteiger partial charge >= 0.3 is 6.03 Å². The predicted molar refractivity (Wildman–Crippen MR) is 61.2 cm³/mol. The highest BCUT2D eigenvalue weighted by molar-refractivity contribution is 5.74. The summed E-state index contributed by atoms with van der Waals surface area (Å²) < 4.78 is 0. The van der Waals surface area contributed by atoms with E-state index in [1.165, 1.54) is 0 Å². The molecule has 2 heterocycles. The Morgan fingerprint density at radius 1 is 1.50 bits per heavy atom. The molecule has 0 saturated carbocycles. The second-order valence-electron chi connectivity index (χ2n) is 5.13. The smallest absolute Gasteiger partial charge is 0.319 e. The number of piperidine rings is 2. The lowest BCUT2D eigenvalue weighted by atomic mass is 9.76. The van der Waals surface area contributed by atoms with E-state index in [9.17, 15) is 9.90 Å². The molecule has 0 aromatic heterocycles. The van der Waals surface area contributed by atoms with Crippen LogP contribution in [0.25, 0.3) is 0 Å². The van der Waals surface area contributed by atoms with Crippen LogP contribution in [0.3, 0.4) is 0 Å². The first-order valence-electron chi connectivity index (χ1n) is 5.92. The molecule has 5 nitrogen and oxygen atoms in total. The summed E-state index contributed by atoms with van der Waals surface area (Å²) in [5.74, 6) is 0.180. The Labute approximate surface area is 96.4 Å². The van der Waals surface area contributed by atoms with E-state index in [0.717, 1.165) is 19.5 Å². The minimum Gasteiger partial charge on any atom is -0.389 e. The van der Waals surface area contributed by atoms with Crippen LogP contribution in [0.15, 0.2) is 0 Å². The van der Waals surface area contributed by atoms with Crippen LogP contribution < -0.4 is 5.32 Å². The SMILES string of the molecule is CN(C)C(=O)N1CC[C@]2(O)CCNC[C@H]2C1. The maximum absolute atomic E-state index is 11.8. The number of fused-ring (bicyclic) bond motifs is 1. The first-order chi connectivity index (χ1) is 7.53. The Balaban J connectivity index is 2.02. The van der Waals surface area contributed by atoms with Gasteiger partial charge in [0.1, 0.15) is 0 Å². The second-order valence-corrected chi connectivity index (χ2v) is 5.13. The highest BCUT2D eigenvalue weighted by Crippen LogP contribution is 2.32. The highest BCUT2D eigenvalue weighted by atomic mass is 16.3. The zero-order valence-electron chi connectivity index (χ0n) is 10.1. The Kier molecular flexibility index (Phi) is 3.08. The van der Waals surface area contributed by atoms with Crippen molar-refractivity contribution < 1.29 is 9.90 Å². The molecule has 0 bridgehead atoms. The molecule has 0 radical (unpaired) electrons. The van der Waals surface area contributed by atoms with Gasteiger partial charge in [0, 0.05) is 39.6 Å².